The number of carbonyl (C=O) groups excluding carboxylic acids is 1. The summed E-state index contributed by atoms with van der Waals surface area (Å²) in [6, 6.07) is 14.6. The van der Waals surface area contributed by atoms with E-state index in [1.165, 1.54) is 6.07 Å². The molecule has 11 heteroatoms. The molecular weight excluding hydrogens is 493 g/mol. The molecule has 0 unspecified atom stereocenters. The number of nitrogen functional groups attached to an aromatic ring is 1. The Hall–Kier alpha value is -4.54. The van der Waals surface area contributed by atoms with Crippen molar-refractivity contribution in [1.82, 2.24) is 15.3 Å². The molecule has 2 heterocycles. The molecule has 2 aromatic carbocycles. The molecule has 0 atom stereocenters. The van der Waals surface area contributed by atoms with Crippen LogP contribution in [0.15, 0.2) is 73.1 Å². The number of pyridine rings is 2. The van der Waals surface area contributed by atoms with E-state index in [0.29, 0.717) is 18.1 Å². The Morgan fingerprint density at radius 2 is 1.51 bits per heavy atom. The first-order valence-corrected chi connectivity index (χ1v) is 10.9. The molecule has 1 amide bonds. The van der Waals surface area contributed by atoms with Gasteiger partial charge in [0.15, 0.2) is 11.6 Å². The van der Waals surface area contributed by atoms with E-state index in [1.54, 1.807) is 12.3 Å². The Kier molecular flexibility index (Phi) is 7.32. The number of nitrogens with one attached hydrogen (secondary N) is 2. The van der Waals surface area contributed by atoms with Gasteiger partial charge >= 0.3 is 6.18 Å². The fourth-order valence-electron chi connectivity index (χ4n) is 3.44. The van der Waals surface area contributed by atoms with Crippen LogP contribution in [0.5, 0.6) is 0 Å². The topological polar surface area (TPSA) is 92.9 Å². The van der Waals surface area contributed by atoms with Crippen LogP contribution in [0, 0.1) is 11.6 Å². The molecule has 37 heavy (non-hydrogen) atoms. The molecule has 0 aliphatic heterocycles. The van der Waals surface area contributed by atoms with Crippen LogP contribution in [0.3, 0.4) is 0 Å². The highest BCUT2D eigenvalue weighted by Gasteiger charge is 2.32. The highest BCUT2D eigenvalue weighted by atomic mass is 19.4. The van der Waals surface area contributed by atoms with Crippen LogP contribution in [0.4, 0.5) is 33.6 Å². The maximum Gasteiger partial charge on any atom is 0.417 e. The number of amides is 1. The smallest absolute Gasteiger partial charge is 0.384 e. The summed E-state index contributed by atoms with van der Waals surface area (Å²) in [5, 5.41) is 5.31. The second-order valence-electron chi connectivity index (χ2n) is 8.07. The molecule has 6 nitrogen and oxygen atoms in total. The molecule has 0 radical (unpaired) electrons. The van der Waals surface area contributed by atoms with Crippen LogP contribution < -0.4 is 16.4 Å². The lowest BCUT2D eigenvalue weighted by molar-refractivity contribution is -0.137. The molecule has 0 fully saturated rings. The number of hydrogen-bond donors (Lipinski definition) is 3. The molecule has 2 aromatic heterocycles. The summed E-state index contributed by atoms with van der Waals surface area (Å²) in [6.07, 6.45) is -2.45. The molecule has 4 aromatic rings. The number of carbonyl (C=O) groups is 1. The molecule has 0 spiro atoms. The van der Waals surface area contributed by atoms with Crippen LogP contribution >= 0.6 is 0 Å². The van der Waals surface area contributed by atoms with E-state index in [0.717, 1.165) is 28.8 Å². The Labute approximate surface area is 208 Å². The molecule has 0 saturated carbocycles. The normalized spacial score (nSPS) is 11.3. The Balaban J connectivity index is 1.50. The zero-order valence-electron chi connectivity index (χ0n) is 19.1. The quantitative estimate of drug-likeness (QED) is 0.281. The first kappa shape index (κ1) is 25.5. The fraction of sp³-hybridized carbons (Fsp3) is 0.115. The molecule has 0 bridgehead atoms. The zero-order chi connectivity index (χ0) is 26.6. The average Bonchev–Trinajstić information content (AvgIpc) is 2.88. The number of rotatable bonds is 7. The lowest BCUT2D eigenvalue weighted by Gasteiger charge is -2.15. The third kappa shape index (κ3) is 6.37. The Morgan fingerprint density at radius 1 is 0.811 bits per heavy atom. The molecule has 190 valence electrons. The van der Waals surface area contributed by atoms with Crippen molar-refractivity contribution in [3.05, 3.63) is 107 Å². The van der Waals surface area contributed by atoms with Crippen molar-refractivity contribution in [2.45, 2.75) is 19.3 Å². The predicted molar refractivity (Wildman–Crippen MR) is 128 cm³/mol. The summed E-state index contributed by atoms with van der Waals surface area (Å²) in [5.74, 6) is -2.69. The minimum absolute atomic E-state index is 0.0670. The van der Waals surface area contributed by atoms with Crippen LogP contribution in [-0.2, 0) is 19.3 Å². The minimum atomic E-state index is -4.71. The summed E-state index contributed by atoms with van der Waals surface area (Å²) in [5.41, 5.74) is 6.92. The van der Waals surface area contributed by atoms with Crippen molar-refractivity contribution >= 4 is 17.5 Å². The van der Waals surface area contributed by atoms with Crippen LogP contribution in [0.2, 0.25) is 0 Å². The molecular formula is C26H20F5N5O. The van der Waals surface area contributed by atoms with E-state index in [1.807, 2.05) is 30.3 Å². The highest BCUT2D eigenvalue weighted by molar-refractivity contribution is 5.98. The van der Waals surface area contributed by atoms with Crippen molar-refractivity contribution in [3.63, 3.8) is 0 Å². The van der Waals surface area contributed by atoms with E-state index in [-0.39, 0.29) is 30.0 Å². The first-order valence-electron chi connectivity index (χ1n) is 10.9. The molecule has 0 saturated heterocycles. The van der Waals surface area contributed by atoms with Crippen molar-refractivity contribution in [2.24, 2.45) is 0 Å². The van der Waals surface area contributed by atoms with Crippen LogP contribution in [0.1, 0.15) is 27.0 Å². The van der Waals surface area contributed by atoms with Gasteiger partial charge in [-0.25, -0.2) is 18.7 Å². The number of halogens is 5. The number of aromatic nitrogens is 2. The zero-order valence-corrected chi connectivity index (χ0v) is 19.1. The van der Waals surface area contributed by atoms with Gasteiger partial charge in [-0.1, -0.05) is 30.3 Å². The largest absolute Gasteiger partial charge is 0.417 e. The molecule has 0 aliphatic carbocycles. The van der Waals surface area contributed by atoms with Crippen LogP contribution in [-0.4, -0.2) is 15.9 Å². The summed E-state index contributed by atoms with van der Waals surface area (Å²) < 4.78 is 66.4. The van der Waals surface area contributed by atoms with Gasteiger partial charge in [-0.3, -0.25) is 4.79 Å². The third-order valence-corrected chi connectivity index (χ3v) is 5.43. The summed E-state index contributed by atoms with van der Waals surface area (Å²) in [4.78, 5) is 20.6. The fourth-order valence-corrected chi connectivity index (χ4v) is 3.44. The van der Waals surface area contributed by atoms with E-state index in [4.69, 9.17) is 5.73 Å². The summed E-state index contributed by atoms with van der Waals surface area (Å²) >= 11 is 0. The van der Waals surface area contributed by atoms with Crippen molar-refractivity contribution < 1.29 is 26.7 Å². The second-order valence-corrected chi connectivity index (χ2v) is 8.07. The van der Waals surface area contributed by atoms with E-state index in [2.05, 4.69) is 20.6 Å². The third-order valence-electron chi connectivity index (χ3n) is 5.43. The van der Waals surface area contributed by atoms with E-state index in [9.17, 15) is 26.7 Å². The number of hydrogen-bond acceptors (Lipinski definition) is 5. The number of nitrogens with zero attached hydrogens (tertiary/aromatic N) is 2. The first-order chi connectivity index (χ1) is 17.6. The molecule has 4 rings (SSSR count). The summed E-state index contributed by atoms with van der Waals surface area (Å²) in [6.45, 7) is -0.0603. The van der Waals surface area contributed by atoms with Gasteiger partial charge in [0.05, 0.1) is 11.1 Å². The van der Waals surface area contributed by atoms with Gasteiger partial charge in [-0.05, 0) is 47.0 Å². The van der Waals surface area contributed by atoms with Crippen LogP contribution in [0.25, 0.3) is 11.1 Å². The van der Waals surface area contributed by atoms with Gasteiger partial charge in [0.25, 0.3) is 5.91 Å². The Morgan fingerprint density at radius 3 is 2.16 bits per heavy atom. The van der Waals surface area contributed by atoms with Gasteiger partial charge in [0, 0.05) is 31.0 Å². The van der Waals surface area contributed by atoms with Crippen molar-refractivity contribution in [2.75, 3.05) is 11.1 Å². The molecule has 0 aliphatic rings. The SMILES string of the molecule is Nc1ccc(-c2ccc(CNc3ncc(C(F)(F)F)cc3C(=O)NCc3ccc(F)c(F)c3)cc2)cn1. The minimum Gasteiger partial charge on any atom is -0.384 e. The number of nitrogens with two attached hydrogens (primary N) is 1. The Bertz CT molecular complexity index is 1410. The number of anilines is 2. The van der Waals surface area contributed by atoms with E-state index < -0.39 is 29.3 Å². The lowest BCUT2D eigenvalue weighted by atomic mass is 10.1. The average molecular weight is 513 g/mol. The molecule has 4 N–H and O–H groups in total. The van der Waals surface area contributed by atoms with Gasteiger partial charge in [0.2, 0.25) is 0 Å². The predicted octanol–water partition coefficient (Wildman–Crippen LogP) is 5.56. The van der Waals surface area contributed by atoms with Gasteiger partial charge in [-0.15, -0.1) is 0 Å². The monoisotopic (exact) mass is 513 g/mol. The van der Waals surface area contributed by atoms with E-state index >= 15 is 0 Å². The summed E-state index contributed by atoms with van der Waals surface area (Å²) in [7, 11) is 0. The maximum atomic E-state index is 13.4. The standard InChI is InChI=1S/C26H20F5N5O/c27-21-7-3-16(9-22(21)28)12-36-25(37)20-10-19(26(29,30)31)14-35-24(20)34-11-15-1-4-17(5-2-15)18-6-8-23(32)33-13-18/h1-10,13-14H,11-12H2,(H2,32,33)(H,34,35)(H,36,37). The number of benzene rings is 2. The van der Waals surface area contributed by atoms with Crippen molar-refractivity contribution in [3.8, 4) is 11.1 Å². The maximum absolute atomic E-state index is 13.4. The lowest BCUT2D eigenvalue weighted by Crippen LogP contribution is -2.25. The van der Waals surface area contributed by atoms with Crippen molar-refractivity contribution in [1.29, 1.82) is 0 Å². The van der Waals surface area contributed by atoms with Gasteiger partial charge < -0.3 is 16.4 Å². The second kappa shape index (κ2) is 10.6. The number of alkyl halides is 3. The highest BCUT2D eigenvalue weighted by Crippen LogP contribution is 2.31. The van der Waals surface area contributed by atoms with Gasteiger partial charge in [0.1, 0.15) is 11.6 Å². The van der Waals surface area contributed by atoms with Gasteiger partial charge in [-0.2, -0.15) is 13.2 Å².